The molecule has 0 spiro atoms. The highest BCUT2D eigenvalue weighted by Crippen LogP contribution is 2.26. The lowest BCUT2D eigenvalue weighted by molar-refractivity contribution is -0.120. The second-order valence-corrected chi connectivity index (χ2v) is 8.93. The third-order valence-electron chi connectivity index (χ3n) is 4.66. The highest BCUT2D eigenvalue weighted by atomic mass is 35.5. The first-order valence-corrected chi connectivity index (χ1v) is 10.6. The van der Waals surface area contributed by atoms with Crippen LogP contribution in [0.15, 0.2) is 53.4 Å². The van der Waals surface area contributed by atoms with Gasteiger partial charge in [-0.1, -0.05) is 23.7 Å². The van der Waals surface area contributed by atoms with E-state index >= 15 is 0 Å². The van der Waals surface area contributed by atoms with Crippen molar-refractivity contribution in [3.8, 4) is 0 Å². The van der Waals surface area contributed by atoms with E-state index in [1.165, 1.54) is 34.6 Å². The van der Waals surface area contributed by atoms with Gasteiger partial charge in [0.15, 0.2) is 0 Å². The zero-order valence-corrected chi connectivity index (χ0v) is 16.5. The Balaban J connectivity index is 1.75. The molecule has 0 aliphatic carbocycles. The van der Waals surface area contributed by atoms with Crippen LogP contribution >= 0.6 is 11.6 Å². The smallest absolute Gasteiger partial charge is 0.250 e. The van der Waals surface area contributed by atoms with Crippen molar-refractivity contribution in [2.75, 3.05) is 18.4 Å². The van der Waals surface area contributed by atoms with Gasteiger partial charge in [-0.2, -0.15) is 4.31 Å². The molecule has 0 aromatic heterocycles. The van der Waals surface area contributed by atoms with Crippen molar-refractivity contribution < 1.29 is 18.0 Å². The molecule has 0 saturated carbocycles. The number of nitrogens with one attached hydrogen (secondary N) is 1. The largest absolute Gasteiger partial charge is 0.366 e. The second-order valence-electron chi connectivity index (χ2n) is 6.56. The lowest BCUT2D eigenvalue weighted by atomic mass is 9.98. The molecule has 1 atom stereocenters. The average molecular weight is 422 g/mol. The number of primary amides is 1. The van der Waals surface area contributed by atoms with Crippen LogP contribution in [0.1, 0.15) is 23.2 Å². The zero-order valence-electron chi connectivity index (χ0n) is 15.0. The van der Waals surface area contributed by atoms with E-state index in [1.54, 1.807) is 18.2 Å². The SMILES string of the molecule is NC(=O)c1ccccc1NC(=O)C1CCCN(S(=O)(=O)c2ccc(Cl)cc2)C1. The molecule has 7 nitrogen and oxygen atoms in total. The average Bonchev–Trinajstić information content (AvgIpc) is 2.68. The van der Waals surface area contributed by atoms with Gasteiger partial charge in [0.2, 0.25) is 15.9 Å². The molecule has 1 heterocycles. The molecular weight excluding hydrogens is 402 g/mol. The third kappa shape index (κ3) is 4.35. The van der Waals surface area contributed by atoms with E-state index in [0.29, 0.717) is 30.1 Å². The van der Waals surface area contributed by atoms with E-state index in [-0.39, 0.29) is 22.9 Å². The summed E-state index contributed by atoms with van der Waals surface area (Å²) >= 11 is 5.83. The van der Waals surface area contributed by atoms with E-state index in [2.05, 4.69) is 5.32 Å². The van der Waals surface area contributed by atoms with E-state index in [9.17, 15) is 18.0 Å². The van der Waals surface area contributed by atoms with Crippen LogP contribution in [-0.4, -0.2) is 37.6 Å². The first kappa shape index (κ1) is 20.3. The number of benzene rings is 2. The standard InChI is InChI=1S/C19H20ClN3O4S/c20-14-7-9-15(10-8-14)28(26,27)23-11-3-4-13(12-23)19(25)22-17-6-2-1-5-16(17)18(21)24/h1-2,5-10,13H,3-4,11-12H2,(H2,21,24)(H,22,25). The number of para-hydroxylation sites is 1. The van der Waals surface area contributed by atoms with Gasteiger partial charge in [0.25, 0.3) is 5.91 Å². The Hall–Kier alpha value is -2.42. The Bertz CT molecular complexity index is 992. The number of halogens is 1. The van der Waals surface area contributed by atoms with Crippen LogP contribution in [0.4, 0.5) is 5.69 Å². The zero-order chi connectivity index (χ0) is 20.3. The van der Waals surface area contributed by atoms with Gasteiger partial charge in [-0.15, -0.1) is 0 Å². The number of carbonyl (C=O) groups is 2. The molecule has 1 aliphatic heterocycles. The van der Waals surface area contributed by atoms with Gasteiger partial charge < -0.3 is 11.1 Å². The highest BCUT2D eigenvalue weighted by Gasteiger charge is 2.33. The number of rotatable bonds is 5. The number of sulfonamides is 1. The van der Waals surface area contributed by atoms with Gasteiger partial charge in [-0.05, 0) is 49.2 Å². The summed E-state index contributed by atoms with van der Waals surface area (Å²) in [5.41, 5.74) is 5.86. The third-order valence-corrected chi connectivity index (χ3v) is 6.79. The number of carbonyl (C=O) groups excluding carboxylic acids is 2. The van der Waals surface area contributed by atoms with Gasteiger partial charge in [-0.25, -0.2) is 8.42 Å². The number of piperidine rings is 1. The fourth-order valence-corrected chi connectivity index (χ4v) is 4.82. The topological polar surface area (TPSA) is 110 Å². The predicted molar refractivity (Wildman–Crippen MR) is 107 cm³/mol. The van der Waals surface area contributed by atoms with Gasteiger partial charge >= 0.3 is 0 Å². The summed E-state index contributed by atoms with van der Waals surface area (Å²) in [5.74, 6) is -1.52. The van der Waals surface area contributed by atoms with Crippen LogP contribution in [0.2, 0.25) is 5.02 Å². The van der Waals surface area contributed by atoms with Gasteiger partial charge in [0.05, 0.1) is 22.1 Å². The normalized spacial score (nSPS) is 17.8. The summed E-state index contributed by atoms with van der Waals surface area (Å²) in [6.45, 7) is 0.405. The van der Waals surface area contributed by atoms with Gasteiger partial charge in [-0.3, -0.25) is 9.59 Å². The van der Waals surface area contributed by atoms with Crippen LogP contribution in [0.5, 0.6) is 0 Å². The molecule has 3 rings (SSSR count). The molecule has 1 saturated heterocycles. The number of hydrogen-bond donors (Lipinski definition) is 2. The molecule has 1 aliphatic rings. The Morgan fingerprint density at radius 2 is 1.79 bits per heavy atom. The van der Waals surface area contributed by atoms with Crippen LogP contribution in [0.25, 0.3) is 0 Å². The maximum atomic E-state index is 12.9. The van der Waals surface area contributed by atoms with Gasteiger partial charge in [0, 0.05) is 18.1 Å². The maximum Gasteiger partial charge on any atom is 0.250 e. The minimum Gasteiger partial charge on any atom is -0.366 e. The minimum atomic E-state index is -3.72. The number of hydrogen-bond acceptors (Lipinski definition) is 4. The fraction of sp³-hybridized carbons (Fsp3) is 0.263. The molecule has 9 heteroatoms. The summed E-state index contributed by atoms with van der Waals surface area (Å²) in [5, 5.41) is 3.15. The second kappa shape index (κ2) is 8.30. The molecule has 0 bridgehead atoms. The summed E-state index contributed by atoms with van der Waals surface area (Å²) in [6.07, 6.45) is 1.11. The number of nitrogens with zero attached hydrogens (tertiary/aromatic N) is 1. The highest BCUT2D eigenvalue weighted by molar-refractivity contribution is 7.89. The summed E-state index contributed by atoms with van der Waals surface area (Å²) in [7, 11) is -3.72. The summed E-state index contributed by atoms with van der Waals surface area (Å²) in [4.78, 5) is 24.3. The monoisotopic (exact) mass is 421 g/mol. The predicted octanol–water partition coefficient (Wildman–Crippen LogP) is 2.48. The van der Waals surface area contributed by atoms with Crippen LogP contribution < -0.4 is 11.1 Å². The van der Waals surface area contributed by atoms with Crippen molar-refractivity contribution in [2.45, 2.75) is 17.7 Å². The first-order chi connectivity index (χ1) is 13.3. The molecule has 1 fully saturated rings. The van der Waals surface area contributed by atoms with E-state index in [1.807, 2.05) is 0 Å². The van der Waals surface area contributed by atoms with Crippen molar-refractivity contribution in [3.63, 3.8) is 0 Å². The molecular formula is C19H20ClN3O4S. The van der Waals surface area contributed by atoms with E-state index in [0.717, 1.165) is 0 Å². The van der Waals surface area contributed by atoms with Crippen LogP contribution in [0, 0.1) is 5.92 Å². The molecule has 3 N–H and O–H groups in total. The lowest BCUT2D eigenvalue weighted by Crippen LogP contribution is -2.43. The molecule has 1 unspecified atom stereocenters. The molecule has 2 aromatic rings. The van der Waals surface area contributed by atoms with E-state index < -0.39 is 21.8 Å². The fourth-order valence-electron chi connectivity index (χ4n) is 3.17. The van der Waals surface area contributed by atoms with Gasteiger partial charge in [0.1, 0.15) is 0 Å². The summed E-state index contributed by atoms with van der Waals surface area (Å²) < 4.78 is 27.0. The maximum absolute atomic E-state index is 12.9. The van der Waals surface area contributed by atoms with Crippen molar-refractivity contribution in [3.05, 3.63) is 59.1 Å². The Morgan fingerprint density at radius 3 is 2.46 bits per heavy atom. The van der Waals surface area contributed by atoms with Crippen LogP contribution in [0.3, 0.4) is 0 Å². The van der Waals surface area contributed by atoms with E-state index in [4.69, 9.17) is 17.3 Å². The first-order valence-electron chi connectivity index (χ1n) is 8.74. The quantitative estimate of drug-likeness (QED) is 0.772. The number of anilines is 1. The van der Waals surface area contributed by atoms with Crippen molar-refractivity contribution in [2.24, 2.45) is 11.7 Å². The molecule has 0 radical (unpaired) electrons. The van der Waals surface area contributed by atoms with Crippen molar-refractivity contribution >= 4 is 39.1 Å². The summed E-state index contributed by atoms with van der Waals surface area (Å²) in [6, 6.07) is 12.4. The molecule has 2 amide bonds. The van der Waals surface area contributed by atoms with Crippen molar-refractivity contribution in [1.82, 2.24) is 4.31 Å². The number of amides is 2. The minimum absolute atomic E-state index is 0.0650. The Kier molecular flexibility index (Phi) is 6.02. The Labute approximate surface area is 168 Å². The Morgan fingerprint density at radius 1 is 1.11 bits per heavy atom. The number of nitrogens with two attached hydrogens (primary N) is 1. The molecule has 28 heavy (non-hydrogen) atoms. The molecule has 2 aromatic carbocycles. The van der Waals surface area contributed by atoms with Crippen LogP contribution in [-0.2, 0) is 14.8 Å². The van der Waals surface area contributed by atoms with Crippen molar-refractivity contribution in [1.29, 1.82) is 0 Å². The molecule has 148 valence electrons. The lowest BCUT2D eigenvalue weighted by Gasteiger charge is -2.31.